The Kier molecular flexibility index (Phi) is 4.93. The van der Waals surface area contributed by atoms with Gasteiger partial charge in [-0.2, -0.15) is 0 Å². The first kappa shape index (κ1) is 18.4. The summed E-state index contributed by atoms with van der Waals surface area (Å²) in [6, 6.07) is 16.0. The molecule has 1 aliphatic rings. The number of aryl methyl sites for hydroxylation is 1. The van der Waals surface area contributed by atoms with Gasteiger partial charge >= 0.3 is 0 Å². The largest absolute Gasteiger partial charge is 0.309 e. The van der Waals surface area contributed by atoms with Crippen molar-refractivity contribution in [2.75, 3.05) is 11.5 Å². The van der Waals surface area contributed by atoms with E-state index in [0.717, 1.165) is 33.3 Å². The Hall–Kier alpha value is -1.95. The average Bonchev–Trinajstić information content (AvgIpc) is 2.98. The minimum absolute atomic E-state index is 0.00377. The predicted molar refractivity (Wildman–Crippen MR) is 111 cm³/mol. The van der Waals surface area contributed by atoms with Crippen LogP contribution in [0.2, 0.25) is 5.02 Å². The van der Waals surface area contributed by atoms with E-state index in [-0.39, 0.29) is 17.5 Å². The first-order valence-electron chi connectivity index (χ1n) is 9.00. The summed E-state index contributed by atoms with van der Waals surface area (Å²) < 4.78 is 23.4. The summed E-state index contributed by atoms with van der Waals surface area (Å²) >= 11 is 6.19. The number of nitrogens with zero attached hydrogens (tertiary/aromatic N) is 1. The fraction of sp³-hybridized carbons (Fsp3) is 0.286. The van der Waals surface area contributed by atoms with Crippen molar-refractivity contribution in [2.24, 2.45) is 0 Å². The zero-order valence-electron chi connectivity index (χ0n) is 15.1. The van der Waals surface area contributed by atoms with Crippen molar-refractivity contribution in [3.05, 3.63) is 64.7 Å². The number of benzene rings is 2. The lowest BCUT2D eigenvalue weighted by Crippen LogP contribution is -2.29. The maximum absolute atomic E-state index is 11.7. The van der Waals surface area contributed by atoms with Crippen molar-refractivity contribution in [3.63, 3.8) is 0 Å². The van der Waals surface area contributed by atoms with Crippen molar-refractivity contribution >= 4 is 32.3 Å². The van der Waals surface area contributed by atoms with E-state index in [4.69, 9.17) is 16.6 Å². The van der Waals surface area contributed by atoms with Gasteiger partial charge < -0.3 is 5.32 Å². The highest BCUT2D eigenvalue weighted by molar-refractivity contribution is 7.91. The third kappa shape index (κ3) is 4.15. The van der Waals surface area contributed by atoms with Gasteiger partial charge in [0.05, 0.1) is 22.7 Å². The van der Waals surface area contributed by atoms with E-state index in [1.165, 1.54) is 0 Å². The fourth-order valence-electron chi connectivity index (χ4n) is 3.55. The molecule has 1 unspecified atom stereocenters. The number of aromatic nitrogens is 1. The van der Waals surface area contributed by atoms with Crippen LogP contribution in [0.15, 0.2) is 48.5 Å². The van der Waals surface area contributed by atoms with E-state index < -0.39 is 9.84 Å². The Labute approximate surface area is 164 Å². The van der Waals surface area contributed by atoms with Crippen LogP contribution in [0.3, 0.4) is 0 Å². The van der Waals surface area contributed by atoms with Crippen LogP contribution >= 0.6 is 11.6 Å². The second-order valence-electron chi connectivity index (χ2n) is 7.18. The molecular formula is C21H21ClN2O2S. The molecule has 1 aliphatic heterocycles. The van der Waals surface area contributed by atoms with Crippen LogP contribution in [-0.2, 0) is 16.4 Å². The Morgan fingerprint density at radius 2 is 2.04 bits per heavy atom. The molecule has 1 N–H and O–H groups in total. The molecule has 140 valence electrons. The summed E-state index contributed by atoms with van der Waals surface area (Å²) in [5.74, 6) is 0.473. The van der Waals surface area contributed by atoms with Crippen molar-refractivity contribution in [1.29, 1.82) is 0 Å². The third-order valence-corrected chi connectivity index (χ3v) is 6.97. The Morgan fingerprint density at radius 1 is 1.19 bits per heavy atom. The van der Waals surface area contributed by atoms with Crippen LogP contribution in [0.5, 0.6) is 0 Å². The summed E-state index contributed by atoms with van der Waals surface area (Å²) in [6.07, 6.45) is 0.662. The molecule has 2 heterocycles. The van der Waals surface area contributed by atoms with E-state index in [1.807, 2.05) is 24.3 Å². The van der Waals surface area contributed by atoms with E-state index >= 15 is 0 Å². The Bertz CT molecular complexity index is 1110. The molecule has 0 amide bonds. The van der Waals surface area contributed by atoms with Crippen molar-refractivity contribution in [2.45, 2.75) is 25.9 Å². The van der Waals surface area contributed by atoms with Gasteiger partial charge in [0, 0.05) is 28.6 Å². The molecule has 1 aromatic heterocycles. The van der Waals surface area contributed by atoms with Gasteiger partial charge in [-0.3, -0.25) is 0 Å². The van der Waals surface area contributed by atoms with E-state index in [0.29, 0.717) is 18.0 Å². The van der Waals surface area contributed by atoms with Crippen LogP contribution in [0.1, 0.15) is 17.5 Å². The second kappa shape index (κ2) is 7.23. The molecule has 0 spiro atoms. The second-order valence-corrected chi connectivity index (χ2v) is 9.85. The lowest BCUT2D eigenvalue weighted by Gasteiger charge is -2.15. The highest BCUT2D eigenvalue weighted by atomic mass is 35.5. The third-order valence-electron chi connectivity index (χ3n) is 4.96. The van der Waals surface area contributed by atoms with Crippen LogP contribution in [0.25, 0.3) is 22.2 Å². The molecule has 4 nitrogen and oxygen atoms in total. The van der Waals surface area contributed by atoms with Gasteiger partial charge in [-0.05, 0) is 48.7 Å². The van der Waals surface area contributed by atoms with E-state index in [2.05, 4.69) is 36.5 Å². The number of nitrogens with one attached hydrogen (secondary N) is 1. The lowest BCUT2D eigenvalue weighted by atomic mass is 10.0. The van der Waals surface area contributed by atoms with Gasteiger partial charge in [0.25, 0.3) is 0 Å². The standard InChI is InChI=1S/C21H21ClN2O2S/c1-14-5-6-15-10-17(12-23-19-7-8-27(25,26)13-19)21(24-20(15)9-14)16-3-2-4-18(22)11-16/h2-6,9-11,19,23H,7-8,12-13H2,1H3. The predicted octanol–water partition coefficient (Wildman–Crippen LogP) is 4.14. The monoisotopic (exact) mass is 400 g/mol. The molecule has 0 bridgehead atoms. The minimum Gasteiger partial charge on any atom is -0.309 e. The number of hydrogen-bond donors (Lipinski definition) is 1. The van der Waals surface area contributed by atoms with E-state index in [1.54, 1.807) is 0 Å². The molecule has 0 saturated carbocycles. The summed E-state index contributed by atoms with van der Waals surface area (Å²) in [6.45, 7) is 2.62. The number of fused-ring (bicyclic) bond motifs is 1. The summed E-state index contributed by atoms with van der Waals surface area (Å²) in [7, 11) is -2.90. The molecule has 1 atom stereocenters. The molecule has 4 rings (SSSR count). The summed E-state index contributed by atoms with van der Waals surface area (Å²) in [4.78, 5) is 4.90. The first-order valence-corrected chi connectivity index (χ1v) is 11.2. The fourth-order valence-corrected chi connectivity index (χ4v) is 5.45. The van der Waals surface area contributed by atoms with Crippen molar-refractivity contribution in [3.8, 4) is 11.3 Å². The first-order chi connectivity index (χ1) is 12.9. The highest BCUT2D eigenvalue weighted by Crippen LogP contribution is 2.28. The molecule has 2 aromatic carbocycles. The van der Waals surface area contributed by atoms with Gasteiger partial charge in [-0.25, -0.2) is 13.4 Å². The van der Waals surface area contributed by atoms with Gasteiger partial charge in [0.1, 0.15) is 0 Å². The number of halogens is 1. The number of rotatable bonds is 4. The molecule has 3 aromatic rings. The molecular weight excluding hydrogens is 380 g/mol. The van der Waals surface area contributed by atoms with Gasteiger partial charge in [0.15, 0.2) is 9.84 Å². The molecule has 27 heavy (non-hydrogen) atoms. The Morgan fingerprint density at radius 3 is 2.78 bits per heavy atom. The van der Waals surface area contributed by atoms with Crippen LogP contribution < -0.4 is 5.32 Å². The quantitative estimate of drug-likeness (QED) is 0.715. The highest BCUT2D eigenvalue weighted by Gasteiger charge is 2.27. The normalized spacial score (nSPS) is 18.8. The van der Waals surface area contributed by atoms with Crippen LogP contribution in [-0.4, -0.2) is 30.9 Å². The van der Waals surface area contributed by atoms with Gasteiger partial charge in [-0.15, -0.1) is 0 Å². The number of pyridine rings is 1. The van der Waals surface area contributed by atoms with E-state index in [9.17, 15) is 8.42 Å². The smallest absolute Gasteiger partial charge is 0.151 e. The summed E-state index contributed by atoms with van der Waals surface area (Å²) in [5.41, 5.74) is 4.98. The average molecular weight is 401 g/mol. The topological polar surface area (TPSA) is 59.1 Å². The molecule has 1 saturated heterocycles. The van der Waals surface area contributed by atoms with Crippen molar-refractivity contribution < 1.29 is 8.42 Å². The zero-order chi connectivity index (χ0) is 19.0. The molecule has 6 heteroatoms. The van der Waals surface area contributed by atoms with Crippen molar-refractivity contribution in [1.82, 2.24) is 10.3 Å². The number of hydrogen-bond acceptors (Lipinski definition) is 4. The molecule has 0 radical (unpaired) electrons. The zero-order valence-corrected chi connectivity index (χ0v) is 16.6. The maximum atomic E-state index is 11.7. The molecule has 0 aliphatic carbocycles. The summed E-state index contributed by atoms with van der Waals surface area (Å²) in [5, 5.41) is 5.14. The SMILES string of the molecule is Cc1ccc2cc(CNC3CCS(=O)(=O)C3)c(-c3cccc(Cl)c3)nc2c1. The lowest BCUT2D eigenvalue weighted by molar-refractivity contribution is 0.554. The van der Waals surface area contributed by atoms with Crippen LogP contribution in [0, 0.1) is 6.92 Å². The number of sulfone groups is 1. The van der Waals surface area contributed by atoms with Gasteiger partial charge in [-0.1, -0.05) is 35.9 Å². The minimum atomic E-state index is -2.90. The Balaban J connectivity index is 1.73. The molecule has 1 fully saturated rings. The maximum Gasteiger partial charge on any atom is 0.151 e. The van der Waals surface area contributed by atoms with Crippen LogP contribution in [0.4, 0.5) is 0 Å². The van der Waals surface area contributed by atoms with Gasteiger partial charge in [0.2, 0.25) is 0 Å².